The van der Waals surface area contributed by atoms with E-state index in [-0.39, 0.29) is 11.8 Å². The molecule has 240 valence electrons. The lowest BCUT2D eigenvalue weighted by Gasteiger charge is -2.36. The molecule has 0 unspecified atom stereocenters. The molecular weight excluding hydrogens is 601 g/mol. The van der Waals surface area contributed by atoms with Crippen LogP contribution in [-0.2, 0) is 22.7 Å². The summed E-state index contributed by atoms with van der Waals surface area (Å²) in [4.78, 5) is 44.2. The summed E-state index contributed by atoms with van der Waals surface area (Å²) in [7, 11) is 4.36. The minimum Gasteiger partial charge on any atom is -0.343 e. The van der Waals surface area contributed by atoms with E-state index in [2.05, 4.69) is 60.3 Å². The number of likely N-dealkylation sites (tertiary alicyclic amines) is 2. The second kappa shape index (κ2) is 15.1. The normalized spacial score (nSPS) is 16.9. The van der Waals surface area contributed by atoms with E-state index in [1.807, 2.05) is 21.9 Å². The summed E-state index contributed by atoms with van der Waals surface area (Å²) in [6, 6.07) is 17.6. The molecule has 10 heteroatoms. The van der Waals surface area contributed by atoms with Crippen LogP contribution < -0.4 is 0 Å². The van der Waals surface area contributed by atoms with Gasteiger partial charge in [-0.05, 0) is 76.9 Å². The van der Waals surface area contributed by atoms with Crippen LogP contribution >= 0.6 is 22.7 Å². The number of benzene rings is 2. The number of thiazole rings is 2. The number of carbonyl (C=O) groups excluding carboxylic acids is 2. The monoisotopic (exact) mass is 646 g/mol. The van der Waals surface area contributed by atoms with E-state index in [0.29, 0.717) is 24.9 Å². The zero-order valence-corrected chi connectivity index (χ0v) is 28.3. The molecule has 2 aromatic carbocycles. The molecule has 0 aliphatic carbocycles. The van der Waals surface area contributed by atoms with Gasteiger partial charge >= 0.3 is 0 Å². The second-order valence-electron chi connectivity index (χ2n) is 12.8. The maximum Gasteiger partial charge on any atom is 0.222 e. The molecule has 0 atom stereocenters. The Bertz CT molecular complexity index is 1390. The molecule has 0 radical (unpaired) electrons. The van der Waals surface area contributed by atoms with Crippen LogP contribution in [0.15, 0.2) is 48.5 Å². The van der Waals surface area contributed by atoms with Crippen molar-refractivity contribution in [3.8, 4) is 0 Å². The molecular formula is C35H46N6O2S2. The molecule has 2 aromatic heterocycles. The van der Waals surface area contributed by atoms with Gasteiger partial charge in [-0.3, -0.25) is 19.4 Å². The minimum absolute atomic E-state index is 0.269. The Balaban J connectivity index is 0.826. The van der Waals surface area contributed by atoms with Crippen molar-refractivity contribution in [1.82, 2.24) is 29.6 Å². The number of rotatable bonds is 12. The van der Waals surface area contributed by atoms with Crippen molar-refractivity contribution in [3.63, 3.8) is 0 Å². The topological polar surface area (TPSA) is 72.9 Å². The Morgan fingerprint density at radius 3 is 1.47 bits per heavy atom. The molecule has 4 aromatic rings. The van der Waals surface area contributed by atoms with E-state index >= 15 is 0 Å². The predicted molar refractivity (Wildman–Crippen MR) is 184 cm³/mol. The summed E-state index contributed by atoms with van der Waals surface area (Å²) in [5.74, 6) is 0.538. The molecule has 0 N–H and O–H groups in total. The predicted octanol–water partition coefficient (Wildman–Crippen LogP) is 6.40. The fraction of sp³-hybridized carbons (Fsp3) is 0.543. The maximum absolute atomic E-state index is 12.9. The summed E-state index contributed by atoms with van der Waals surface area (Å²) in [6.45, 7) is 5.04. The number of amides is 2. The molecule has 0 saturated carbocycles. The SMILES string of the molecule is CN(Cc1nc2ccccc2s1)C1CCN(C(=O)CCCCCC(=O)N2CCC(N(C)Cc3nc4ccccc4s3)CC2)CC1. The summed E-state index contributed by atoms with van der Waals surface area (Å²) in [5, 5.41) is 2.31. The van der Waals surface area contributed by atoms with Crippen LogP contribution in [0.25, 0.3) is 20.4 Å². The van der Waals surface area contributed by atoms with E-state index in [1.165, 1.54) is 9.40 Å². The van der Waals surface area contributed by atoms with Crippen LogP contribution in [-0.4, -0.2) is 93.7 Å². The highest BCUT2D eigenvalue weighted by Crippen LogP contribution is 2.26. The lowest BCUT2D eigenvalue weighted by Crippen LogP contribution is -2.45. The van der Waals surface area contributed by atoms with Crippen LogP contribution in [0.3, 0.4) is 0 Å². The van der Waals surface area contributed by atoms with Crippen molar-refractivity contribution >= 4 is 54.9 Å². The van der Waals surface area contributed by atoms with Crippen molar-refractivity contribution in [2.24, 2.45) is 0 Å². The fourth-order valence-corrected chi connectivity index (χ4v) is 8.88. The van der Waals surface area contributed by atoms with Gasteiger partial charge in [-0.2, -0.15) is 0 Å². The van der Waals surface area contributed by atoms with Crippen molar-refractivity contribution < 1.29 is 9.59 Å². The number of hydrogen-bond acceptors (Lipinski definition) is 8. The number of hydrogen-bond donors (Lipinski definition) is 0. The van der Waals surface area contributed by atoms with Crippen LogP contribution in [0, 0.1) is 0 Å². The average molecular weight is 647 g/mol. The van der Waals surface area contributed by atoms with Gasteiger partial charge < -0.3 is 9.80 Å². The standard InChI is InChI=1S/C35H46N6O2S2/c1-38(24-32-36-28-10-6-8-12-30(28)44-32)26-16-20-40(21-17-26)34(42)14-4-3-5-15-35(43)41-22-18-27(19-23-41)39(2)25-33-37-29-11-7-9-13-31(29)45-33/h6-13,26-27H,3-5,14-25H2,1-2H3. The van der Waals surface area contributed by atoms with Crippen LogP contribution in [0.1, 0.15) is 67.8 Å². The quantitative estimate of drug-likeness (QED) is 0.166. The van der Waals surface area contributed by atoms with Gasteiger partial charge in [0.2, 0.25) is 11.8 Å². The molecule has 6 rings (SSSR count). The smallest absolute Gasteiger partial charge is 0.222 e. The zero-order chi connectivity index (χ0) is 31.2. The number of aromatic nitrogens is 2. The number of carbonyl (C=O) groups is 2. The van der Waals surface area contributed by atoms with Gasteiger partial charge in [0.1, 0.15) is 10.0 Å². The number of piperidine rings is 2. The van der Waals surface area contributed by atoms with E-state index in [9.17, 15) is 9.59 Å². The number of para-hydroxylation sites is 2. The zero-order valence-electron chi connectivity index (χ0n) is 26.7. The van der Waals surface area contributed by atoms with Crippen molar-refractivity contribution in [3.05, 3.63) is 58.5 Å². The van der Waals surface area contributed by atoms with E-state index in [1.54, 1.807) is 22.7 Å². The van der Waals surface area contributed by atoms with Crippen LogP contribution in [0.4, 0.5) is 0 Å². The minimum atomic E-state index is 0.269. The Hall–Kier alpha value is -2.92. The first-order valence-corrected chi connectivity index (χ1v) is 18.2. The Kier molecular flexibility index (Phi) is 10.8. The Morgan fingerprint density at radius 2 is 1.07 bits per heavy atom. The molecule has 2 amide bonds. The molecule has 2 aliphatic heterocycles. The Labute approximate surface area is 275 Å². The first kappa shape index (κ1) is 32.0. The lowest BCUT2D eigenvalue weighted by atomic mass is 10.0. The van der Waals surface area contributed by atoms with Gasteiger partial charge in [0.05, 0.1) is 33.5 Å². The van der Waals surface area contributed by atoms with E-state index in [4.69, 9.17) is 9.97 Å². The van der Waals surface area contributed by atoms with Gasteiger partial charge in [0.25, 0.3) is 0 Å². The highest BCUT2D eigenvalue weighted by atomic mass is 32.1. The van der Waals surface area contributed by atoms with Gasteiger partial charge in [-0.1, -0.05) is 30.7 Å². The molecule has 0 bridgehead atoms. The number of nitrogens with zero attached hydrogens (tertiary/aromatic N) is 6. The largest absolute Gasteiger partial charge is 0.343 e. The summed E-state index contributed by atoms with van der Waals surface area (Å²) in [5.41, 5.74) is 2.16. The molecule has 45 heavy (non-hydrogen) atoms. The average Bonchev–Trinajstić information content (AvgIpc) is 3.67. The molecule has 4 heterocycles. The summed E-state index contributed by atoms with van der Waals surface area (Å²) in [6.07, 6.45) is 7.88. The highest BCUT2D eigenvalue weighted by Gasteiger charge is 2.27. The molecule has 2 saturated heterocycles. The van der Waals surface area contributed by atoms with Gasteiger partial charge in [0, 0.05) is 51.1 Å². The highest BCUT2D eigenvalue weighted by molar-refractivity contribution is 7.18. The maximum atomic E-state index is 12.9. The molecule has 2 fully saturated rings. The van der Waals surface area contributed by atoms with Crippen molar-refractivity contribution in [1.29, 1.82) is 0 Å². The number of fused-ring (bicyclic) bond motifs is 2. The summed E-state index contributed by atoms with van der Waals surface area (Å²) < 4.78 is 2.48. The molecule has 0 spiro atoms. The second-order valence-corrected chi connectivity index (χ2v) is 15.0. The van der Waals surface area contributed by atoms with E-state index in [0.717, 1.165) is 105 Å². The van der Waals surface area contributed by atoms with Gasteiger partial charge in [0.15, 0.2) is 0 Å². The van der Waals surface area contributed by atoms with Crippen molar-refractivity contribution in [2.45, 2.75) is 83.0 Å². The number of unbranched alkanes of at least 4 members (excludes halogenated alkanes) is 2. The first-order chi connectivity index (χ1) is 21.9. The van der Waals surface area contributed by atoms with Crippen molar-refractivity contribution in [2.75, 3.05) is 40.3 Å². The van der Waals surface area contributed by atoms with Crippen LogP contribution in [0.5, 0.6) is 0 Å². The summed E-state index contributed by atoms with van der Waals surface area (Å²) >= 11 is 3.55. The van der Waals surface area contributed by atoms with Crippen LogP contribution in [0.2, 0.25) is 0 Å². The third kappa shape index (κ3) is 8.27. The fourth-order valence-electron chi connectivity index (χ4n) is 6.82. The third-order valence-corrected chi connectivity index (χ3v) is 11.7. The molecule has 8 nitrogen and oxygen atoms in total. The molecule has 2 aliphatic rings. The Morgan fingerprint density at radius 1 is 0.667 bits per heavy atom. The first-order valence-electron chi connectivity index (χ1n) is 16.6. The lowest BCUT2D eigenvalue weighted by molar-refractivity contribution is -0.133. The third-order valence-electron chi connectivity index (χ3n) is 9.61. The van der Waals surface area contributed by atoms with Gasteiger partial charge in [-0.15, -0.1) is 22.7 Å². The van der Waals surface area contributed by atoms with E-state index < -0.39 is 0 Å². The van der Waals surface area contributed by atoms with Gasteiger partial charge in [-0.25, -0.2) is 9.97 Å².